The maximum atomic E-state index is 14.4. The van der Waals surface area contributed by atoms with Crippen LogP contribution in [0.1, 0.15) is 44.2 Å². The zero-order chi connectivity index (χ0) is 20.9. The molecule has 30 heavy (non-hydrogen) atoms. The van der Waals surface area contributed by atoms with Crippen molar-refractivity contribution in [3.8, 4) is 11.1 Å². The van der Waals surface area contributed by atoms with Gasteiger partial charge >= 0.3 is 0 Å². The minimum Gasteiger partial charge on any atom is -0.299 e. The zero-order valence-electron chi connectivity index (χ0n) is 18.6. The van der Waals surface area contributed by atoms with Gasteiger partial charge in [-0.1, -0.05) is 50.6 Å². The van der Waals surface area contributed by atoms with Crippen LogP contribution >= 0.6 is 0 Å². The van der Waals surface area contributed by atoms with Crippen LogP contribution in [0.5, 0.6) is 0 Å². The summed E-state index contributed by atoms with van der Waals surface area (Å²) < 4.78 is 14.4. The van der Waals surface area contributed by atoms with Crippen LogP contribution < -0.4 is 0 Å². The molecule has 2 saturated heterocycles. The van der Waals surface area contributed by atoms with E-state index in [0.717, 1.165) is 56.4 Å². The SMILES string of the molecule is CC(C)CN1CCN(Cc2ccc(-c3ccc(F)c(CN4CCCCC4)c3)cc2)C1. The molecule has 0 aromatic heterocycles. The highest BCUT2D eigenvalue weighted by molar-refractivity contribution is 5.64. The van der Waals surface area contributed by atoms with Crippen molar-refractivity contribution in [2.45, 2.75) is 46.2 Å². The van der Waals surface area contributed by atoms with E-state index in [9.17, 15) is 4.39 Å². The Labute approximate surface area is 181 Å². The monoisotopic (exact) mass is 409 g/mol. The van der Waals surface area contributed by atoms with Crippen molar-refractivity contribution in [3.05, 3.63) is 59.4 Å². The predicted octanol–water partition coefficient (Wildman–Crippen LogP) is 5.21. The fourth-order valence-corrected chi connectivity index (χ4v) is 4.80. The molecule has 0 bridgehead atoms. The van der Waals surface area contributed by atoms with Crippen molar-refractivity contribution in [2.24, 2.45) is 5.92 Å². The highest BCUT2D eigenvalue weighted by Crippen LogP contribution is 2.25. The number of benzene rings is 2. The third kappa shape index (κ3) is 5.69. The lowest BCUT2D eigenvalue weighted by molar-refractivity contribution is 0.218. The Kier molecular flexibility index (Phi) is 7.19. The average molecular weight is 410 g/mol. The van der Waals surface area contributed by atoms with Crippen molar-refractivity contribution < 1.29 is 4.39 Å². The molecule has 2 fully saturated rings. The predicted molar refractivity (Wildman–Crippen MR) is 123 cm³/mol. The second-order valence-corrected chi connectivity index (χ2v) is 9.50. The standard InChI is InChI=1S/C26H36FN3/c1-21(2)17-29-14-15-30(20-29)18-22-6-8-23(9-7-22)24-10-11-26(27)25(16-24)19-28-12-4-3-5-13-28/h6-11,16,21H,3-5,12-15,17-20H2,1-2H3. The number of nitrogens with zero attached hydrogens (tertiary/aromatic N) is 3. The largest absolute Gasteiger partial charge is 0.299 e. The van der Waals surface area contributed by atoms with Gasteiger partial charge in [0.15, 0.2) is 0 Å². The van der Waals surface area contributed by atoms with Crippen molar-refractivity contribution in [3.63, 3.8) is 0 Å². The summed E-state index contributed by atoms with van der Waals surface area (Å²) >= 11 is 0. The summed E-state index contributed by atoms with van der Waals surface area (Å²) in [5.74, 6) is 0.640. The quantitative estimate of drug-likeness (QED) is 0.622. The summed E-state index contributed by atoms with van der Waals surface area (Å²) in [5.41, 5.74) is 4.45. The number of piperidine rings is 1. The normalized spacial score (nSPS) is 19.1. The second-order valence-electron chi connectivity index (χ2n) is 9.50. The van der Waals surface area contributed by atoms with Crippen LogP contribution in [0.2, 0.25) is 0 Å². The lowest BCUT2D eigenvalue weighted by Crippen LogP contribution is -2.29. The van der Waals surface area contributed by atoms with Gasteiger partial charge in [0.25, 0.3) is 0 Å². The van der Waals surface area contributed by atoms with Gasteiger partial charge in [0.05, 0.1) is 6.67 Å². The molecule has 4 heteroatoms. The minimum atomic E-state index is -0.0825. The fraction of sp³-hybridized carbons (Fsp3) is 0.538. The second kappa shape index (κ2) is 10.0. The molecule has 2 aromatic rings. The Balaban J connectivity index is 1.38. The van der Waals surface area contributed by atoms with Crippen LogP contribution in [-0.4, -0.2) is 54.1 Å². The molecule has 3 nitrogen and oxygen atoms in total. The van der Waals surface area contributed by atoms with E-state index in [1.165, 1.54) is 43.5 Å². The molecule has 0 radical (unpaired) electrons. The number of hydrogen-bond acceptors (Lipinski definition) is 3. The Morgan fingerprint density at radius 3 is 2.20 bits per heavy atom. The number of halogens is 1. The molecule has 0 N–H and O–H groups in total. The third-order valence-electron chi connectivity index (χ3n) is 6.34. The molecule has 0 aliphatic carbocycles. The van der Waals surface area contributed by atoms with Crippen LogP contribution in [0.15, 0.2) is 42.5 Å². The van der Waals surface area contributed by atoms with Crippen LogP contribution in [0.4, 0.5) is 4.39 Å². The van der Waals surface area contributed by atoms with Crippen molar-refractivity contribution >= 4 is 0 Å². The summed E-state index contributed by atoms with van der Waals surface area (Å²) in [6, 6.07) is 14.4. The van der Waals surface area contributed by atoms with Gasteiger partial charge in [-0.3, -0.25) is 14.7 Å². The molecule has 4 rings (SSSR count). The minimum absolute atomic E-state index is 0.0825. The topological polar surface area (TPSA) is 9.72 Å². The molecule has 2 heterocycles. The molecule has 2 aliphatic rings. The molecular formula is C26H36FN3. The van der Waals surface area contributed by atoms with Crippen molar-refractivity contribution in [2.75, 3.05) is 39.4 Å². The molecule has 0 amide bonds. The summed E-state index contributed by atoms with van der Waals surface area (Å²) in [6.07, 6.45) is 3.77. The molecule has 0 unspecified atom stereocenters. The van der Waals surface area contributed by atoms with E-state index < -0.39 is 0 Å². The van der Waals surface area contributed by atoms with E-state index in [2.05, 4.69) is 52.8 Å². The van der Waals surface area contributed by atoms with Crippen LogP contribution in [0.25, 0.3) is 11.1 Å². The molecule has 0 saturated carbocycles. The first-order valence-electron chi connectivity index (χ1n) is 11.6. The van der Waals surface area contributed by atoms with Gasteiger partial charge in [-0.05, 0) is 60.7 Å². The number of hydrogen-bond donors (Lipinski definition) is 0. The van der Waals surface area contributed by atoms with Gasteiger partial charge in [0.1, 0.15) is 5.82 Å². The van der Waals surface area contributed by atoms with Gasteiger partial charge in [0.2, 0.25) is 0 Å². The fourth-order valence-electron chi connectivity index (χ4n) is 4.80. The first kappa shape index (κ1) is 21.5. The molecule has 0 spiro atoms. The van der Waals surface area contributed by atoms with Crippen molar-refractivity contribution in [1.29, 1.82) is 0 Å². The Morgan fingerprint density at radius 2 is 1.47 bits per heavy atom. The van der Waals surface area contributed by atoms with E-state index in [0.29, 0.717) is 0 Å². The molecule has 0 atom stereocenters. The first-order chi connectivity index (χ1) is 14.6. The van der Waals surface area contributed by atoms with Gasteiger partial charge in [-0.15, -0.1) is 0 Å². The third-order valence-corrected chi connectivity index (χ3v) is 6.34. The van der Waals surface area contributed by atoms with Gasteiger partial charge < -0.3 is 0 Å². The summed E-state index contributed by atoms with van der Waals surface area (Å²) in [7, 11) is 0. The maximum absolute atomic E-state index is 14.4. The highest BCUT2D eigenvalue weighted by atomic mass is 19.1. The smallest absolute Gasteiger partial charge is 0.127 e. The molecular weight excluding hydrogens is 373 g/mol. The maximum Gasteiger partial charge on any atom is 0.127 e. The van der Waals surface area contributed by atoms with Crippen LogP contribution in [0.3, 0.4) is 0 Å². The Morgan fingerprint density at radius 1 is 0.767 bits per heavy atom. The Bertz CT molecular complexity index is 812. The molecule has 2 aromatic carbocycles. The first-order valence-corrected chi connectivity index (χ1v) is 11.6. The lowest BCUT2D eigenvalue weighted by atomic mass is 10.0. The van der Waals surface area contributed by atoms with E-state index in [4.69, 9.17) is 0 Å². The van der Waals surface area contributed by atoms with Gasteiger partial charge in [-0.25, -0.2) is 4.39 Å². The van der Waals surface area contributed by atoms with E-state index in [1.54, 1.807) is 6.07 Å². The summed E-state index contributed by atoms with van der Waals surface area (Å²) in [5, 5.41) is 0. The van der Waals surface area contributed by atoms with Gasteiger partial charge in [-0.2, -0.15) is 0 Å². The summed E-state index contributed by atoms with van der Waals surface area (Å²) in [4.78, 5) is 7.45. The number of rotatable bonds is 7. The molecule has 2 aliphatic heterocycles. The zero-order valence-corrected chi connectivity index (χ0v) is 18.6. The van der Waals surface area contributed by atoms with Gasteiger partial charge in [0, 0.05) is 38.3 Å². The Hall–Kier alpha value is -1.75. The molecule has 162 valence electrons. The lowest BCUT2D eigenvalue weighted by Gasteiger charge is -2.26. The van der Waals surface area contributed by atoms with Crippen LogP contribution in [0, 0.1) is 11.7 Å². The van der Waals surface area contributed by atoms with E-state index >= 15 is 0 Å². The van der Waals surface area contributed by atoms with Crippen LogP contribution in [-0.2, 0) is 13.1 Å². The number of likely N-dealkylation sites (tertiary alicyclic amines) is 1. The van der Waals surface area contributed by atoms with E-state index in [-0.39, 0.29) is 5.82 Å². The van der Waals surface area contributed by atoms with E-state index in [1.807, 2.05) is 12.1 Å². The highest BCUT2D eigenvalue weighted by Gasteiger charge is 2.20. The van der Waals surface area contributed by atoms with Crippen molar-refractivity contribution in [1.82, 2.24) is 14.7 Å². The summed E-state index contributed by atoms with van der Waals surface area (Å²) in [6.45, 7) is 13.0. The average Bonchev–Trinajstić information content (AvgIpc) is 3.17.